The summed E-state index contributed by atoms with van der Waals surface area (Å²) in [5, 5.41) is 5.63. The summed E-state index contributed by atoms with van der Waals surface area (Å²) in [6, 6.07) is 9.65. The Bertz CT molecular complexity index is 904. The van der Waals surface area contributed by atoms with Gasteiger partial charge in [0.05, 0.1) is 15.8 Å². The van der Waals surface area contributed by atoms with E-state index in [0.29, 0.717) is 34.5 Å². The van der Waals surface area contributed by atoms with E-state index >= 15 is 0 Å². The molecule has 3 rings (SSSR count). The van der Waals surface area contributed by atoms with Gasteiger partial charge >= 0.3 is 0 Å². The summed E-state index contributed by atoms with van der Waals surface area (Å²) < 4.78 is 5.66. The fourth-order valence-corrected chi connectivity index (χ4v) is 4.33. The first-order valence-corrected chi connectivity index (χ1v) is 11.9. The number of halogens is 1. The van der Waals surface area contributed by atoms with Crippen LogP contribution in [0.1, 0.15) is 16.1 Å². The minimum Gasteiger partial charge on any atom is -0.370 e. The summed E-state index contributed by atoms with van der Waals surface area (Å²) in [5.41, 5.74) is 1.34. The molecule has 1 aliphatic rings. The lowest BCUT2D eigenvalue weighted by molar-refractivity contribution is -0.125. The Morgan fingerprint density at radius 1 is 1.27 bits per heavy atom. The first kappa shape index (κ1) is 22.6. The summed E-state index contributed by atoms with van der Waals surface area (Å²) in [6.07, 6.45) is 2.44. The number of hydrogen-bond acceptors (Lipinski definition) is 6. The molecular formula is C20H22ClN3O4S2. The molecule has 1 fully saturated rings. The summed E-state index contributed by atoms with van der Waals surface area (Å²) in [7, 11) is 0. The third kappa shape index (κ3) is 5.98. The number of benzene rings is 1. The molecule has 0 saturated carbocycles. The molecule has 160 valence electrons. The van der Waals surface area contributed by atoms with Crippen molar-refractivity contribution in [1.82, 2.24) is 5.32 Å². The van der Waals surface area contributed by atoms with Gasteiger partial charge in [-0.25, -0.2) is 0 Å². The summed E-state index contributed by atoms with van der Waals surface area (Å²) in [5.74, 6) is 0.0119. The number of thioether (sulfide) groups is 1. The van der Waals surface area contributed by atoms with Crippen LogP contribution in [0.15, 0.2) is 36.4 Å². The van der Waals surface area contributed by atoms with Gasteiger partial charge in [-0.05, 0) is 54.8 Å². The molecule has 0 radical (unpaired) electrons. The van der Waals surface area contributed by atoms with Gasteiger partial charge in [0.25, 0.3) is 11.8 Å². The first-order valence-electron chi connectivity index (χ1n) is 9.32. The van der Waals surface area contributed by atoms with Gasteiger partial charge in [-0.1, -0.05) is 11.6 Å². The molecule has 1 saturated heterocycles. The number of hydrogen-bond donors (Lipinski definition) is 2. The van der Waals surface area contributed by atoms with Gasteiger partial charge in [0.2, 0.25) is 5.91 Å². The van der Waals surface area contributed by atoms with Gasteiger partial charge in [0, 0.05) is 17.9 Å². The average Bonchev–Trinajstić information content (AvgIpc) is 3.18. The summed E-state index contributed by atoms with van der Waals surface area (Å²) >= 11 is 8.67. The zero-order valence-electron chi connectivity index (χ0n) is 16.4. The zero-order chi connectivity index (χ0) is 21.5. The Hall–Kier alpha value is -2.07. The highest BCUT2D eigenvalue weighted by Gasteiger charge is 2.23. The number of ether oxygens (including phenoxy) is 1. The minimum atomic E-state index is -0.675. The number of thiophene rings is 1. The van der Waals surface area contributed by atoms with Gasteiger partial charge in [0.1, 0.15) is 12.6 Å². The molecule has 3 amide bonds. The van der Waals surface area contributed by atoms with Crippen molar-refractivity contribution in [3.05, 3.63) is 45.6 Å². The Morgan fingerprint density at radius 2 is 2.03 bits per heavy atom. The highest BCUT2D eigenvalue weighted by Crippen LogP contribution is 2.22. The lowest BCUT2D eigenvalue weighted by Gasteiger charge is -2.27. The van der Waals surface area contributed by atoms with Crippen LogP contribution in [0, 0.1) is 0 Å². The fraction of sp³-hybridized carbons (Fsp3) is 0.350. The van der Waals surface area contributed by atoms with Gasteiger partial charge in [-0.2, -0.15) is 11.8 Å². The number of amides is 3. The molecule has 2 aromatic rings. The highest BCUT2D eigenvalue weighted by molar-refractivity contribution is 7.98. The van der Waals surface area contributed by atoms with E-state index in [9.17, 15) is 14.4 Å². The van der Waals surface area contributed by atoms with Crippen LogP contribution in [0.5, 0.6) is 0 Å². The van der Waals surface area contributed by atoms with E-state index < -0.39 is 6.04 Å². The smallest absolute Gasteiger partial charge is 0.262 e. The van der Waals surface area contributed by atoms with E-state index in [1.165, 1.54) is 11.3 Å². The highest BCUT2D eigenvalue weighted by atomic mass is 35.5. The Kier molecular flexibility index (Phi) is 8.15. The Balaban J connectivity index is 1.64. The second-order valence-corrected chi connectivity index (χ2v) is 9.25. The van der Waals surface area contributed by atoms with E-state index in [0.717, 1.165) is 11.4 Å². The predicted molar refractivity (Wildman–Crippen MR) is 122 cm³/mol. The van der Waals surface area contributed by atoms with E-state index in [-0.39, 0.29) is 24.3 Å². The second-order valence-electron chi connectivity index (χ2n) is 6.55. The maximum absolute atomic E-state index is 12.8. The van der Waals surface area contributed by atoms with Crippen molar-refractivity contribution in [1.29, 1.82) is 0 Å². The lowest BCUT2D eigenvalue weighted by atomic mass is 10.2. The van der Waals surface area contributed by atoms with Crippen LogP contribution in [0.4, 0.5) is 11.4 Å². The van der Waals surface area contributed by atoms with Crippen LogP contribution in [-0.4, -0.2) is 55.5 Å². The lowest BCUT2D eigenvalue weighted by Crippen LogP contribution is -2.44. The number of carbonyl (C=O) groups is 3. The van der Waals surface area contributed by atoms with Crippen molar-refractivity contribution < 1.29 is 19.1 Å². The normalized spacial score (nSPS) is 15.0. The maximum atomic E-state index is 12.8. The number of carbonyl (C=O) groups excluding carboxylic acids is 3. The average molecular weight is 468 g/mol. The molecule has 1 unspecified atom stereocenters. The topological polar surface area (TPSA) is 87.7 Å². The third-order valence-corrected chi connectivity index (χ3v) is 6.34. The quantitative estimate of drug-likeness (QED) is 0.622. The van der Waals surface area contributed by atoms with Crippen molar-refractivity contribution in [3.8, 4) is 0 Å². The molecule has 0 bridgehead atoms. The van der Waals surface area contributed by atoms with Crippen molar-refractivity contribution >= 4 is 63.8 Å². The third-order valence-electron chi connectivity index (χ3n) is 4.46. The van der Waals surface area contributed by atoms with E-state index in [4.69, 9.17) is 16.3 Å². The van der Waals surface area contributed by atoms with Gasteiger partial charge in [0.15, 0.2) is 0 Å². The molecule has 1 aliphatic heterocycles. The van der Waals surface area contributed by atoms with Crippen LogP contribution in [0.25, 0.3) is 0 Å². The maximum Gasteiger partial charge on any atom is 0.262 e. The number of rotatable bonds is 8. The number of nitrogens with zero attached hydrogens (tertiary/aromatic N) is 1. The molecule has 2 N–H and O–H groups in total. The van der Waals surface area contributed by atoms with E-state index in [1.807, 2.05) is 6.26 Å². The molecular weight excluding hydrogens is 446 g/mol. The van der Waals surface area contributed by atoms with Crippen LogP contribution in [0.2, 0.25) is 4.34 Å². The van der Waals surface area contributed by atoms with Crippen LogP contribution >= 0.6 is 34.7 Å². The largest absolute Gasteiger partial charge is 0.370 e. The van der Waals surface area contributed by atoms with Crippen molar-refractivity contribution in [2.75, 3.05) is 42.0 Å². The molecule has 1 aromatic carbocycles. The predicted octanol–water partition coefficient (Wildman–Crippen LogP) is 3.25. The van der Waals surface area contributed by atoms with Crippen LogP contribution in [0.3, 0.4) is 0 Å². The molecule has 1 aromatic heterocycles. The Labute approximate surface area is 188 Å². The number of morpholine rings is 1. The van der Waals surface area contributed by atoms with Crippen molar-refractivity contribution in [2.45, 2.75) is 12.5 Å². The van der Waals surface area contributed by atoms with Crippen LogP contribution < -0.4 is 15.5 Å². The molecule has 2 heterocycles. The van der Waals surface area contributed by atoms with E-state index in [1.54, 1.807) is 53.1 Å². The van der Waals surface area contributed by atoms with E-state index in [2.05, 4.69) is 10.6 Å². The fourth-order valence-electron chi connectivity index (χ4n) is 2.92. The number of anilines is 2. The van der Waals surface area contributed by atoms with Gasteiger partial charge in [-0.15, -0.1) is 11.3 Å². The molecule has 10 heteroatoms. The van der Waals surface area contributed by atoms with Crippen molar-refractivity contribution in [2.24, 2.45) is 0 Å². The monoisotopic (exact) mass is 467 g/mol. The first-order chi connectivity index (χ1) is 14.5. The molecule has 0 spiro atoms. The SMILES string of the molecule is CSCCC(NC(=O)c1ccc(Cl)s1)C(=O)Nc1ccc(N2CCOCC2=O)cc1. The zero-order valence-corrected chi connectivity index (χ0v) is 18.7. The standard InChI is InChI=1S/C20H22ClN3O4S2/c1-29-11-8-15(23-20(27)16-6-7-17(21)30-16)19(26)22-13-2-4-14(5-3-13)24-9-10-28-12-18(24)25/h2-7,15H,8-12H2,1H3,(H,22,26)(H,23,27). The van der Waals surface area contributed by atoms with Gasteiger partial charge < -0.3 is 20.3 Å². The minimum absolute atomic E-state index is 0.0742. The Morgan fingerprint density at radius 3 is 2.67 bits per heavy atom. The summed E-state index contributed by atoms with van der Waals surface area (Å²) in [4.78, 5) is 39.3. The second kappa shape index (κ2) is 10.8. The van der Waals surface area contributed by atoms with Crippen molar-refractivity contribution in [3.63, 3.8) is 0 Å². The molecule has 1 atom stereocenters. The summed E-state index contributed by atoms with van der Waals surface area (Å²) in [6.45, 7) is 1.07. The molecule has 0 aliphatic carbocycles. The van der Waals surface area contributed by atoms with Gasteiger partial charge in [-0.3, -0.25) is 14.4 Å². The molecule has 7 nitrogen and oxygen atoms in total. The van der Waals surface area contributed by atoms with Crippen LogP contribution in [-0.2, 0) is 14.3 Å². The molecule has 30 heavy (non-hydrogen) atoms. The number of nitrogens with one attached hydrogen (secondary N) is 2.